The molecule has 128 valence electrons. The molecule has 0 saturated heterocycles. The maximum absolute atomic E-state index is 11.8. The van der Waals surface area contributed by atoms with Gasteiger partial charge < -0.3 is 15.1 Å². The van der Waals surface area contributed by atoms with Gasteiger partial charge in [0.15, 0.2) is 0 Å². The van der Waals surface area contributed by atoms with Gasteiger partial charge in [0.2, 0.25) is 5.91 Å². The molecule has 0 aromatic heterocycles. The third-order valence-electron chi connectivity index (χ3n) is 5.11. The van der Waals surface area contributed by atoms with Crippen LogP contribution < -0.4 is 5.32 Å². The quantitative estimate of drug-likeness (QED) is 0.924. The Kier molecular flexibility index (Phi) is 3.81. The molecule has 0 radical (unpaired) electrons. The first-order valence-electron chi connectivity index (χ1n) is 8.59. The zero-order chi connectivity index (χ0) is 17.6. The van der Waals surface area contributed by atoms with Crippen LogP contribution in [-0.4, -0.2) is 42.2 Å². The number of carbonyl (C=O) groups is 1. The highest BCUT2D eigenvalue weighted by atomic mass is 16.1. The Morgan fingerprint density at radius 3 is 2.68 bits per heavy atom. The minimum absolute atomic E-state index is 0.0665. The molecule has 4 rings (SSSR count). The fourth-order valence-electron chi connectivity index (χ4n) is 3.46. The van der Waals surface area contributed by atoms with Crippen LogP contribution in [0.25, 0.3) is 0 Å². The molecule has 5 heteroatoms. The number of amides is 1. The van der Waals surface area contributed by atoms with E-state index in [4.69, 9.17) is 0 Å². The molecule has 3 aliphatic rings. The van der Waals surface area contributed by atoms with Crippen molar-refractivity contribution < 1.29 is 4.79 Å². The molecule has 0 spiro atoms. The summed E-state index contributed by atoms with van der Waals surface area (Å²) in [5.74, 6) is 0.880. The number of nitrogens with zero attached hydrogens (tertiary/aromatic N) is 3. The Hall–Kier alpha value is -2.66. The first kappa shape index (κ1) is 15.8. The first-order valence-corrected chi connectivity index (χ1v) is 8.59. The molecule has 0 bridgehead atoms. The summed E-state index contributed by atoms with van der Waals surface area (Å²) in [6, 6.07) is 8.98. The van der Waals surface area contributed by atoms with Gasteiger partial charge >= 0.3 is 0 Å². The molecule has 1 aromatic rings. The third-order valence-corrected chi connectivity index (χ3v) is 5.11. The number of aliphatic imine (C=N–C) groups is 1. The summed E-state index contributed by atoms with van der Waals surface area (Å²) in [6.45, 7) is 3.03. The second-order valence-electron chi connectivity index (χ2n) is 6.85. The van der Waals surface area contributed by atoms with Crippen molar-refractivity contribution in [2.45, 2.75) is 19.4 Å². The van der Waals surface area contributed by atoms with Gasteiger partial charge in [0.25, 0.3) is 0 Å². The van der Waals surface area contributed by atoms with E-state index in [2.05, 4.69) is 65.4 Å². The highest BCUT2D eigenvalue weighted by molar-refractivity contribution is 6.02. The molecule has 1 amide bonds. The fraction of sp³-hybridized carbons (Fsp3) is 0.300. The zero-order valence-electron chi connectivity index (χ0n) is 14.8. The second kappa shape index (κ2) is 6.01. The fourth-order valence-corrected chi connectivity index (χ4v) is 3.46. The summed E-state index contributed by atoms with van der Waals surface area (Å²) in [7, 11) is 4.17. The van der Waals surface area contributed by atoms with Crippen LogP contribution in [0.4, 0.5) is 0 Å². The number of allylic oxidation sites excluding steroid dienone is 1. The van der Waals surface area contributed by atoms with E-state index in [-0.39, 0.29) is 5.91 Å². The van der Waals surface area contributed by atoms with Crippen LogP contribution in [0.3, 0.4) is 0 Å². The summed E-state index contributed by atoms with van der Waals surface area (Å²) >= 11 is 0. The standard InChI is InChI=1S/C20H22N4O/c1-13(23(2)3)14-4-6-15(7-5-14)20-21-12-16-8-9-18(25)22-17-10-11-24(20)19(16)17/h4-9,12-13H,10-11H2,1-3H3,(H,22,25). The lowest BCUT2D eigenvalue weighted by atomic mass is 10.0. The smallest absolute Gasteiger partial charge is 0.248 e. The Balaban J connectivity index is 1.69. The lowest BCUT2D eigenvalue weighted by Crippen LogP contribution is -2.31. The van der Waals surface area contributed by atoms with E-state index in [0.29, 0.717) is 6.04 Å². The monoisotopic (exact) mass is 334 g/mol. The molecule has 25 heavy (non-hydrogen) atoms. The molecule has 3 aliphatic heterocycles. The summed E-state index contributed by atoms with van der Waals surface area (Å²) in [6.07, 6.45) is 6.10. The maximum atomic E-state index is 11.8. The number of nitrogens with one attached hydrogen (secondary N) is 1. The minimum Gasteiger partial charge on any atom is -0.324 e. The van der Waals surface area contributed by atoms with Gasteiger partial charge in [-0.25, -0.2) is 4.99 Å². The van der Waals surface area contributed by atoms with Crippen LogP contribution >= 0.6 is 0 Å². The number of amidine groups is 1. The van der Waals surface area contributed by atoms with E-state index < -0.39 is 0 Å². The molecule has 0 fully saturated rings. The summed E-state index contributed by atoms with van der Waals surface area (Å²) in [5, 5.41) is 2.99. The van der Waals surface area contributed by atoms with Gasteiger partial charge in [-0.2, -0.15) is 0 Å². The van der Waals surface area contributed by atoms with Crippen molar-refractivity contribution in [3.63, 3.8) is 0 Å². The lowest BCUT2D eigenvalue weighted by molar-refractivity contribution is -0.115. The topological polar surface area (TPSA) is 47.9 Å². The molecule has 1 atom stereocenters. The number of carbonyl (C=O) groups excluding carboxylic acids is 1. The Bertz CT molecular complexity index is 843. The summed E-state index contributed by atoms with van der Waals surface area (Å²) in [5.41, 5.74) is 5.45. The van der Waals surface area contributed by atoms with Gasteiger partial charge in [0, 0.05) is 48.1 Å². The lowest BCUT2D eigenvalue weighted by Gasteiger charge is -2.28. The molecule has 3 heterocycles. The third kappa shape index (κ3) is 2.70. The Labute approximate surface area is 148 Å². The molecule has 0 aliphatic carbocycles. The van der Waals surface area contributed by atoms with Gasteiger partial charge in [-0.05, 0) is 32.7 Å². The van der Waals surface area contributed by atoms with Crippen molar-refractivity contribution in [3.8, 4) is 0 Å². The van der Waals surface area contributed by atoms with Crippen LogP contribution in [0.5, 0.6) is 0 Å². The molecular weight excluding hydrogens is 312 g/mol. The van der Waals surface area contributed by atoms with Crippen LogP contribution in [0.2, 0.25) is 0 Å². The number of hydrogen-bond donors (Lipinski definition) is 1. The van der Waals surface area contributed by atoms with Crippen LogP contribution in [0, 0.1) is 0 Å². The van der Waals surface area contributed by atoms with Gasteiger partial charge in [-0.15, -0.1) is 0 Å². The second-order valence-corrected chi connectivity index (χ2v) is 6.85. The van der Waals surface area contributed by atoms with E-state index in [1.807, 2.05) is 12.3 Å². The van der Waals surface area contributed by atoms with E-state index in [0.717, 1.165) is 41.3 Å². The Morgan fingerprint density at radius 1 is 1.20 bits per heavy atom. The van der Waals surface area contributed by atoms with E-state index >= 15 is 0 Å². The number of benzene rings is 1. The molecule has 1 unspecified atom stereocenters. The van der Waals surface area contributed by atoms with Crippen LogP contribution in [0.1, 0.15) is 30.5 Å². The van der Waals surface area contributed by atoms with Crippen molar-refractivity contribution in [2.24, 2.45) is 4.99 Å². The summed E-state index contributed by atoms with van der Waals surface area (Å²) in [4.78, 5) is 20.9. The molecule has 1 aromatic carbocycles. The van der Waals surface area contributed by atoms with Gasteiger partial charge in [-0.1, -0.05) is 24.3 Å². The van der Waals surface area contributed by atoms with Crippen molar-refractivity contribution in [2.75, 3.05) is 20.6 Å². The van der Waals surface area contributed by atoms with Gasteiger partial charge in [-0.3, -0.25) is 4.79 Å². The van der Waals surface area contributed by atoms with Crippen molar-refractivity contribution in [1.29, 1.82) is 0 Å². The first-order chi connectivity index (χ1) is 12.0. The number of hydrogen-bond acceptors (Lipinski definition) is 4. The van der Waals surface area contributed by atoms with E-state index in [1.54, 1.807) is 6.08 Å². The van der Waals surface area contributed by atoms with Crippen molar-refractivity contribution in [1.82, 2.24) is 15.1 Å². The minimum atomic E-state index is -0.0665. The van der Waals surface area contributed by atoms with Crippen LogP contribution in [0.15, 0.2) is 64.6 Å². The predicted molar refractivity (Wildman–Crippen MR) is 98.8 cm³/mol. The maximum Gasteiger partial charge on any atom is 0.248 e. The predicted octanol–water partition coefficient (Wildman–Crippen LogP) is 2.56. The van der Waals surface area contributed by atoms with Gasteiger partial charge in [0.05, 0.1) is 5.70 Å². The molecular formula is C20H22N4O. The zero-order valence-corrected chi connectivity index (χ0v) is 14.8. The van der Waals surface area contributed by atoms with E-state index in [9.17, 15) is 4.79 Å². The average molecular weight is 334 g/mol. The summed E-state index contributed by atoms with van der Waals surface area (Å²) < 4.78 is 0. The molecule has 5 nitrogen and oxygen atoms in total. The molecule has 1 N–H and O–H groups in total. The SMILES string of the molecule is CC(c1ccc(C2=NC=C3C=CC(=O)NC4=C3N2CC4)cc1)N(C)C. The number of rotatable bonds is 3. The van der Waals surface area contributed by atoms with Crippen LogP contribution in [-0.2, 0) is 4.79 Å². The van der Waals surface area contributed by atoms with Crippen molar-refractivity contribution >= 4 is 11.7 Å². The van der Waals surface area contributed by atoms with Crippen molar-refractivity contribution in [3.05, 3.63) is 70.7 Å². The average Bonchev–Trinajstić information content (AvgIpc) is 2.95. The largest absolute Gasteiger partial charge is 0.324 e. The Morgan fingerprint density at radius 2 is 1.96 bits per heavy atom. The van der Waals surface area contributed by atoms with Gasteiger partial charge in [0.1, 0.15) is 5.84 Å². The highest BCUT2D eigenvalue weighted by Crippen LogP contribution is 2.34. The normalized spacial score (nSPS) is 20.2. The highest BCUT2D eigenvalue weighted by Gasteiger charge is 2.32. The van der Waals surface area contributed by atoms with E-state index in [1.165, 1.54) is 5.56 Å². The molecule has 0 saturated carbocycles.